The molecule has 1 atom stereocenters. The molecule has 0 saturated heterocycles. The summed E-state index contributed by atoms with van der Waals surface area (Å²) in [5, 5.41) is 9.38. The third kappa shape index (κ3) is 3.11. The average molecular weight is 335 g/mol. The lowest BCUT2D eigenvalue weighted by Gasteiger charge is -2.25. The Bertz CT molecular complexity index is 443. The Morgan fingerprint density at radius 3 is 2.50 bits per heavy atom. The fraction of sp³-hybridized carbons (Fsp3) is 0.500. The summed E-state index contributed by atoms with van der Waals surface area (Å²) in [7, 11) is 0. The lowest BCUT2D eigenvalue weighted by Crippen LogP contribution is -2.42. The van der Waals surface area contributed by atoms with Gasteiger partial charge in [0.15, 0.2) is 5.41 Å². The molecule has 1 unspecified atom stereocenters. The van der Waals surface area contributed by atoms with Gasteiger partial charge in [0.25, 0.3) is 0 Å². The summed E-state index contributed by atoms with van der Waals surface area (Å²) < 4.78 is 5.83. The predicted octanol–water partition coefficient (Wildman–Crippen LogP) is 3.10. The van der Waals surface area contributed by atoms with Gasteiger partial charge in [0.1, 0.15) is 0 Å². The Labute approximate surface area is 118 Å². The monoisotopic (exact) mass is 334 g/mol. The standard InChI is InChI=1S/C12H15BrO4S/c1-3-12(10(14)15,11(16)17-4-2)7-8-5-6-9(13)18-8/h5-6H,3-4,7H2,1-2H3,(H,14,15). The molecule has 100 valence electrons. The van der Waals surface area contributed by atoms with Crippen LogP contribution in [0.2, 0.25) is 0 Å². The maximum absolute atomic E-state index is 11.9. The molecule has 1 aromatic heterocycles. The van der Waals surface area contributed by atoms with Gasteiger partial charge in [0.05, 0.1) is 10.4 Å². The zero-order valence-electron chi connectivity index (χ0n) is 10.2. The summed E-state index contributed by atoms with van der Waals surface area (Å²) in [4.78, 5) is 24.3. The third-order valence-corrected chi connectivity index (χ3v) is 4.41. The van der Waals surface area contributed by atoms with Crippen LogP contribution in [-0.2, 0) is 20.7 Å². The summed E-state index contributed by atoms with van der Waals surface area (Å²) in [6.45, 7) is 3.54. The van der Waals surface area contributed by atoms with Crippen LogP contribution in [0.1, 0.15) is 25.1 Å². The van der Waals surface area contributed by atoms with Crippen LogP contribution in [0, 0.1) is 5.41 Å². The second-order valence-electron chi connectivity index (χ2n) is 3.84. The van der Waals surface area contributed by atoms with E-state index >= 15 is 0 Å². The minimum Gasteiger partial charge on any atom is -0.480 e. The van der Waals surface area contributed by atoms with Crippen molar-refractivity contribution in [1.29, 1.82) is 0 Å². The molecule has 0 bridgehead atoms. The van der Waals surface area contributed by atoms with Crippen LogP contribution >= 0.6 is 27.3 Å². The van der Waals surface area contributed by atoms with E-state index in [9.17, 15) is 14.7 Å². The van der Waals surface area contributed by atoms with Crippen LogP contribution in [0.15, 0.2) is 15.9 Å². The van der Waals surface area contributed by atoms with Gasteiger partial charge < -0.3 is 9.84 Å². The molecule has 0 aliphatic rings. The van der Waals surface area contributed by atoms with E-state index in [2.05, 4.69) is 15.9 Å². The van der Waals surface area contributed by atoms with Crippen LogP contribution in [0.3, 0.4) is 0 Å². The second-order valence-corrected chi connectivity index (χ2v) is 6.39. The molecule has 4 nitrogen and oxygen atoms in total. The molecule has 0 aliphatic carbocycles. The first-order valence-electron chi connectivity index (χ1n) is 5.61. The number of carboxylic acid groups (broad SMARTS) is 1. The molecular formula is C12H15BrO4S. The van der Waals surface area contributed by atoms with Gasteiger partial charge in [-0.15, -0.1) is 11.3 Å². The molecule has 6 heteroatoms. The number of thiophene rings is 1. The van der Waals surface area contributed by atoms with Gasteiger partial charge in [0.2, 0.25) is 0 Å². The van der Waals surface area contributed by atoms with Crippen molar-refractivity contribution in [2.45, 2.75) is 26.7 Å². The number of rotatable bonds is 6. The van der Waals surface area contributed by atoms with Crippen LogP contribution in [0.5, 0.6) is 0 Å². The first-order chi connectivity index (χ1) is 8.46. The molecule has 1 N–H and O–H groups in total. The fourth-order valence-corrected chi connectivity index (χ4v) is 3.27. The predicted molar refractivity (Wildman–Crippen MR) is 72.7 cm³/mol. The van der Waals surface area contributed by atoms with E-state index in [1.165, 1.54) is 11.3 Å². The van der Waals surface area contributed by atoms with E-state index in [1.807, 2.05) is 12.1 Å². The van der Waals surface area contributed by atoms with Crippen molar-refractivity contribution in [3.8, 4) is 0 Å². The molecule has 1 heterocycles. The summed E-state index contributed by atoms with van der Waals surface area (Å²) >= 11 is 4.75. The van der Waals surface area contributed by atoms with E-state index in [0.717, 1.165) is 8.66 Å². The molecule has 1 rings (SSSR count). The molecule has 1 aromatic rings. The summed E-state index contributed by atoms with van der Waals surface area (Å²) in [6.07, 6.45) is 0.366. The quantitative estimate of drug-likeness (QED) is 0.641. The number of halogens is 1. The molecule has 18 heavy (non-hydrogen) atoms. The van der Waals surface area contributed by atoms with E-state index in [4.69, 9.17) is 4.74 Å². The minimum atomic E-state index is -1.49. The van der Waals surface area contributed by atoms with Crippen molar-refractivity contribution < 1.29 is 19.4 Å². The largest absolute Gasteiger partial charge is 0.480 e. The maximum atomic E-state index is 11.9. The van der Waals surface area contributed by atoms with Gasteiger partial charge in [0, 0.05) is 11.3 Å². The Kier molecular flexibility index (Phi) is 5.34. The minimum absolute atomic E-state index is 0.161. The molecule has 0 fully saturated rings. The number of ether oxygens (including phenoxy) is 1. The zero-order valence-corrected chi connectivity index (χ0v) is 12.6. The van der Waals surface area contributed by atoms with E-state index < -0.39 is 17.4 Å². The lowest BCUT2D eigenvalue weighted by molar-refractivity contribution is -0.168. The van der Waals surface area contributed by atoms with Crippen molar-refractivity contribution in [2.24, 2.45) is 5.41 Å². The highest BCUT2D eigenvalue weighted by Gasteiger charge is 2.46. The molecule has 0 radical (unpaired) electrons. The smallest absolute Gasteiger partial charge is 0.323 e. The van der Waals surface area contributed by atoms with Crippen LogP contribution in [-0.4, -0.2) is 23.7 Å². The Morgan fingerprint density at radius 1 is 1.44 bits per heavy atom. The molecule has 0 aliphatic heterocycles. The maximum Gasteiger partial charge on any atom is 0.323 e. The number of carbonyl (C=O) groups excluding carboxylic acids is 1. The number of aliphatic carboxylic acids is 1. The van der Waals surface area contributed by atoms with Gasteiger partial charge in [-0.25, -0.2) is 0 Å². The number of hydrogen-bond donors (Lipinski definition) is 1. The first-order valence-corrected chi connectivity index (χ1v) is 7.22. The first kappa shape index (κ1) is 15.2. The fourth-order valence-electron chi connectivity index (χ4n) is 1.67. The van der Waals surface area contributed by atoms with Crippen molar-refractivity contribution in [2.75, 3.05) is 6.61 Å². The van der Waals surface area contributed by atoms with E-state index in [-0.39, 0.29) is 19.4 Å². The lowest BCUT2D eigenvalue weighted by atomic mass is 9.81. The Hall–Kier alpha value is -0.880. The SMILES string of the molecule is CCOC(=O)C(CC)(Cc1ccc(Br)s1)C(=O)O. The van der Waals surface area contributed by atoms with Gasteiger partial charge in [-0.3, -0.25) is 9.59 Å². The molecule has 0 saturated carbocycles. The summed E-state index contributed by atoms with van der Waals surface area (Å²) in [5.74, 6) is -1.79. The number of esters is 1. The van der Waals surface area contributed by atoms with Crippen LogP contribution < -0.4 is 0 Å². The van der Waals surface area contributed by atoms with Gasteiger partial charge in [-0.1, -0.05) is 6.92 Å². The van der Waals surface area contributed by atoms with Crippen molar-refractivity contribution in [3.05, 3.63) is 20.8 Å². The highest BCUT2D eigenvalue weighted by atomic mass is 79.9. The van der Waals surface area contributed by atoms with Crippen LogP contribution in [0.4, 0.5) is 0 Å². The Morgan fingerprint density at radius 2 is 2.11 bits per heavy atom. The molecular weight excluding hydrogens is 320 g/mol. The van der Waals surface area contributed by atoms with E-state index in [0.29, 0.717) is 0 Å². The van der Waals surface area contributed by atoms with Crippen LogP contribution in [0.25, 0.3) is 0 Å². The third-order valence-electron chi connectivity index (χ3n) is 2.78. The van der Waals surface area contributed by atoms with Gasteiger partial charge >= 0.3 is 11.9 Å². The molecule has 0 amide bonds. The summed E-state index contributed by atoms with van der Waals surface area (Å²) in [6, 6.07) is 3.66. The normalized spacial score (nSPS) is 13.9. The summed E-state index contributed by atoms with van der Waals surface area (Å²) in [5.41, 5.74) is -1.49. The number of hydrogen-bond acceptors (Lipinski definition) is 4. The zero-order chi connectivity index (χ0) is 13.8. The van der Waals surface area contributed by atoms with Gasteiger partial charge in [-0.2, -0.15) is 0 Å². The highest BCUT2D eigenvalue weighted by Crippen LogP contribution is 2.33. The van der Waals surface area contributed by atoms with Gasteiger partial charge in [-0.05, 0) is 41.4 Å². The van der Waals surface area contributed by atoms with Crippen molar-refractivity contribution in [3.63, 3.8) is 0 Å². The number of carboxylic acids is 1. The topological polar surface area (TPSA) is 63.6 Å². The number of carbonyl (C=O) groups is 2. The molecule has 0 spiro atoms. The highest BCUT2D eigenvalue weighted by molar-refractivity contribution is 9.11. The van der Waals surface area contributed by atoms with Crippen molar-refractivity contribution in [1.82, 2.24) is 0 Å². The second kappa shape index (κ2) is 6.33. The molecule has 0 aromatic carbocycles. The van der Waals surface area contributed by atoms with E-state index in [1.54, 1.807) is 13.8 Å². The average Bonchev–Trinajstić information content (AvgIpc) is 2.71. The Balaban J connectivity index is 3.04. The van der Waals surface area contributed by atoms with Crippen molar-refractivity contribution >= 4 is 39.2 Å².